The molecule has 2 N–H and O–H groups in total. The number of amides is 1. The molecule has 0 unspecified atom stereocenters. The first-order chi connectivity index (χ1) is 20.1. The van der Waals surface area contributed by atoms with Gasteiger partial charge in [0.15, 0.2) is 6.61 Å². The van der Waals surface area contributed by atoms with Gasteiger partial charge in [-0.05, 0) is 87.8 Å². The Morgan fingerprint density at radius 1 is 0.837 bits per heavy atom. The lowest BCUT2D eigenvalue weighted by Gasteiger charge is -2.38. The number of carbonyl (C=O) groups is 3. The van der Waals surface area contributed by atoms with E-state index >= 15 is 0 Å². The van der Waals surface area contributed by atoms with Crippen LogP contribution in [0.15, 0.2) is 0 Å². The minimum Gasteiger partial charge on any atom is -0.487 e. The van der Waals surface area contributed by atoms with Gasteiger partial charge >= 0.3 is 11.9 Å². The Morgan fingerprint density at radius 2 is 1.37 bits per heavy atom. The zero-order valence-corrected chi connectivity index (χ0v) is 28.0. The number of ether oxygens (including phenoxy) is 2. The number of carboxylic acid groups (broad SMARTS) is 2. The number of fused-ring (bicyclic) bond motifs is 1. The van der Waals surface area contributed by atoms with Gasteiger partial charge in [-0.2, -0.15) is 0 Å². The standard InChI is InChI=1S/C35H57NO7/c1-23(2)12-9-13-24(3)14-10-15-25(4)16-11-18-35(8)19-17-29-28(7)33(26(5)27(6)34(29)43-35)42-22-30(37)36(20-31(38)39)21-32(40)41/h23-25H,9-22H2,1-8H3,(H,38,39)(H,40,41)/t24-,25-,35-/m1/s1. The lowest BCUT2D eigenvalue weighted by atomic mass is 9.83. The van der Waals surface area contributed by atoms with E-state index in [9.17, 15) is 14.4 Å². The second-order valence-electron chi connectivity index (χ2n) is 13.7. The third-order valence-corrected chi connectivity index (χ3v) is 9.18. The monoisotopic (exact) mass is 603 g/mol. The minimum absolute atomic E-state index is 0.228. The molecule has 2 rings (SSSR count). The van der Waals surface area contributed by atoms with Crippen molar-refractivity contribution in [3.63, 3.8) is 0 Å². The Kier molecular flexibility index (Phi) is 14.3. The normalized spacial score (nSPS) is 17.6. The van der Waals surface area contributed by atoms with E-state index in [0.29, 0.717) is 5.75 Å². The molecule has 1 aliphatic heterocycles. The SMILES string of the molecule is Cc1c(C)c2c(c(C)c1OCC(=O)N(CC(=O)O)CC(=O)O)CC[C@@](C)(CCC[C@H](C)CCC[C@H](C)CCCC(C)C)O2. The molecule has 0 aliphatic carbocycles. The number of aliphatic carboxylic acids is 2. The smallest absolute Gasteiger partial charge is 0.323 e. The summed E-state index contributed by atoms with van der Waals surface area (Å²) in [6.07, 6.45) is 13.1. The summed E-state index contributed by atoms with van der Waals surface area (Å²) in [7, 11) is 0. The molecule has 1 amide bonds. The zero-order chi connectivity index (χ0) is 32.3. The molecule has 1 aromatic rings. The molecule has 0 fully saturated rings. The Morgan fingerprint density at radius 3 is 1.91 bits per heavy atom. The van der Waals surface area contributed by atoms with Gasteiger partial charge in [-0.3, -0.25) is 14.4 Å². The number of hydrogen-bond donors (Lipinski definition) is 2. The van der Waals surface area contributed by atoms with Gasteiger partial charge in [-0.25, -0.2) is 0 Å². The van der Waals surface area contributed by atoms with Gasteiger partial charge < -0.3 is 24.6 Å². The van der Waals surface area contributed by atoms with Crippen LogP contribution in [0.1, 0.15) is 121 Å². The van der Waals surface area contributed by atoms with Crippen molar-refractivity contribution in [1.29, 1.82) is 0 Å². The highest BCUT2D eigenvalue weighted by atomic mass is 16.5. The summed E-state index contributed by atoms with van der Waals surface area (Å²) in [6.45, 7) is 15.7. The Bertz CT molecular complexity index is 1080. The number of carbonyl (C=O) groups excluding carboxylic acids is 1. The molecule has 0 spiro atoms. The maximum atomic E-state index is 12.6. The fraction of sp³-hybridized carbons (Fsp3) is 0.743. The van der Waals surface area contributed by atoms with E-state index in [4.69, 9.17) is 19.7 Å². The van der Waals surface area contributed by atoms with Crippen LogP contribution < -0.4 is 9.47 Å². The molecule has 0 aromatic heterocycles. The Hall–Kier alpha value is -2.77. The van der Waals surface area contributed by atoms with Crippen molar-refractivity contribution in [3.05, 3.63) is 22.3 Å². The fourth-order valence-electron chi connectivity index (χ4n) is 6.26. The maximum Gasteiger partial charge on any atom is 0.323 e. The van der Waals surface area contributed by atoms with E-state index < -0.39 is 37.5 Å². The summed E-state index contributed by atoms with van der Waals surface area (Å²) in [5.74, 6) is 0.583. The van der Waals surface area contributed by atoms with Gasteiger partial charge in [-0.15, -0.1) is 0 Å². The van der Waals surface area contributed by atoms with Crippen molar-refractivity contribution in [2.45, 2.75) is 132 Å². The molecule has 0 radical (unpaired) electrons. The molecular weight excluding hydrogens is 546 g/mol. The molecule has 43 heavy (non-hydrogen) atoms. The van der Waals surface area contributed by atoms with Crippen LogP contribution >= 0.6 is 0 Å². The molecule has 0 saturated heterocycles. The summed E-state index contributed by atoms with van der Waals surface area (Å²) < 4.78 is 12.6. The van der Waals surface area contributed by atoms with Crippen LogP contribution in [-0.4, -0.2) is 58.3 Å². The predicted molar refractivity (Wildman–Crippen MR) is 170 cm³/mol. The summed E-state index contributed by atoms with van der Waals surface area (Å²) in [5.41, 5.74) is 3.59. The largest absolute Gasteiger partial charge is 0.487 e. The highest BCUT2D eigenvalue weighted by Crippen LogP contribution is 2.45. The Labute approximate surface area is 259 Å². The average molecular weight is 604 g/mol. The zero-order valence-electron chi connectivity index (χ0n) is 28.0. The number of nitrogens with zero attached hydrogens (tertiary/aromatic N) is 1. The minimum atomic E-state index is -1.28. The van der Waals surface area contributed by atoms with Crippen LogP contribution in [0.3, 0.4) is 0 Å². The highest BCUT2D eigenvalue weighted by molar-refractivity contribution is 5.86. The molecule has 1 aromatic carbocycles. The van der Waals surface area contributed by atoms with Crippen LogP contribution in [0.4, 0.5) is 0 Å². The van der Waals surface area contributed by atoms with Crippen molar-refractivity contribution in [1.82, 2.24) is 4.90 Å². The summed E-state index contributed by atoms with van der Waals surface area (Å²) in [6, 6.07) is 0. The second-order valence-corrected chi connectivity index (χ2v) is 13.7. The van der Waals surface area contributed by atoms with Gasteiger partial charge in [0, 0.05) is 5.56 Å². The molecule has 244 valence electrons. The second kappa shape index (κ2) is 16.9. The number of rotatable bonds is 19. The van der Waals surface area contributed by atoms with Crippen molar-refractivity contribution >= 4 is 17.8 Å². The lowest BCUT2D eigenvalue weighted by molar-refractivity contribution is -0.150. The van der Waals surface area contributed by atoms with Crippen molar-refractivity contribution in [3.8, 4) is 11.5 Å². The van der Waals surface area contributed by atoms with Gasteiger partial charge in [-0.1, -0.05) is 72.6 Å². The third kappa shape index (κ3) is 11.7. The first-order valence-corrected chi connectivity index (χ1v) is 16.3. The Balaban J connectivity index is 1.93. The first-order valence-electron chi connectivity index (χ1n) is 16.3. The van der Waals surface area contributed by atoms with Gasteiger partial charge in [0.2, 0.25) is 0 Å². The average Bonchev–Trinajstić information content (AvgIpc) is 2.90. The van der Waals surface area contributed by atoms with E-state index in [1.54, 1.807) is 0 Å². The topological polar surface area (TPSA) is 113 Å². The van der Waals surface area contributed by atoms with E-state index in [1.165, 1.54) is 44.9 Å². The maximum absolute atomic E-state index is 12.6. The molecular formula is C35H57NO7. The first kappa shape index (κ1) is 36.4. The summed E-state index contributed by atoms with van der Waals surface area (Å²) in [5, 5.41) is 18.1. The molecule has 0 saturated carbocycles. The molecule has 1 aliphatic rings. The van der Waals surface area contributed by atoms with Crippen molar-refractivity contribution < 1.29 is 34.1 Å². The third-order valence-electron chi connectivity index (χ3n) is 9.18. The van der Waals surface area contributed by atoms with Crippen molar-refractivity contribution in [2.24, 2.45) is 17.8 Å². The predicted octanol–water partition coefficient (Wildman–Crippen LogP) is 7.51. The quantitative estimate of drug-likeness (QED) is 0.168. The molecule has 8 nitrogen and oxygen atoms in total. The molecule has 3 atom stereocenters. The molecule has 1 heterocycles. The molecule has 0 bridgehead atoms. The van der Waals surface area contributed by atoms with Crippen LogP contribution in [-0.2, 0) is 20.8 Å². The van der Waals surface area contributed by atoms with E-state index in [-0.39, 0.29) is 5.60 Å². The van der Waals surface area contributed by atoms with Crippen LogP contribution in [0.5, 0.6) is 11.5 Å². The lowest BCUT2D eigenvalue weighted by Crippen LogP contribution is -2.42. The molecule has 8 heteroatoms. The summed E-state index contributed by atoms with van der Waals surface area (Å²) in [4.78, 5) is 35.6. The summed E-state index contributed by atoms with van der Waals surface area (Å²) >= 11 is 0. The van der Waals surface area contributed by atoms with Crippen LogP contribution in [0.25, 0.3) is 0 Å². The van der Waals surface area contributed by atoms with E-state index in [0.717, 1.165) is 76.3 Å². The van der Waals surface area contributed by atoms with E-state index in [2.05, 4.69) is 34.6 Å². The van der Waals surface area contributed by atoms with Crippen molar-refractivity contribution in [2.75, 3.05) is 19.7 Å². The van der Waals surface area contributed by atoms with Gasteiger partial charge in [0.05, 0.1) is 0 Å². The number of benzene rings is 1. The number of hydrogen-bond acceptors (Lipinski definition) is 5. The van der Waals surface area contributed by atoms with Gasteiger partial charge in [0.25, 0.3) is 5.91 Å². The van der Waals surface area contributed by atoms with Crippen LogP contribution in [0.2, 0.25) is 0 Å². The van der Waals surface area contributed by atoms with Crippen LogP contribution in [0, 0.1) is 38.5 Å². The highest BCUT2D eigenvalue weighted by Gasteiger charge is 2.34. The fourth-order valence-corrected chi connectivity index (χ4v) is 6.26. The van der Waals surface area contributed by atoms with Gasteiger partial charge in [0.1, 0.15) is 30.2 Å². The number of carboxylic acids is 2. The van der Waals surface area contributed by atoms with E-state index in [1.807, 2.05) is 20.8 Å².